The van der Waals surface area contributed by atoms with Crippen molar-refractivity contribution in [3.63, 3.8) is 0 Å². The number of hydrogen-bond donors (Lipinski definition) is 1. The van der Waals surface area contributed by atoms with Gasteiger partial charge in [-0.05, 0) is 48.4 Å². The van der Waals surface area contributed by atoms with E-state index in [1.54, 1.807) is 24.1 Å². The number of nitrogens with one attached hydrogen (secondary N) is 1. The molecule has 174 valence electrons. The second kappa shape index (κ2) is 9.77. The number of rotatable bonds is 7. The maximum atomic E-state index is 11.8. The first-order valence-electron chi connectivity index (χ1n) is 11.5. The molecule has 1 N–H and O–H groups in total. The van der Waals surface area contributed by atoms with Gasteiger partial charge in [0.25, 0.3) is 0 Å². The van der Waals surface area contributed by atoms with Gasteiger partial charge in [0.1, 0.15) is 0 Å². The smallest absolute Gasteiger partial charge is 0.220 e. The summed E-state index contributed by atoms with van der Waals surface area (Å²) in [6.45, 7) is 2.09. The zero-order chi connectivity index (χ0) is 24.2. The Hall–Kier alpha value is -4.52. The highest BCUT2D eigenvalue weighted by Crippen LogP contribution is 2.28. The number of amides is 1. The summed E-state index contributed by atoms with van der Waals surface area (Å²) in [6, 6.07) is 27.1. The average molecular weight is 463 g/mol. The molecule has 0 saturated carbocycles. The summed E-state index contributed by atoms with van der Waals surface area (Å²) in [6.07, 6.45) is 4.42. The molecule has 0 bridgehead atoms. The highest BCUT2D eigenvalue weighted by atomic mass is 16.1. The van der Waals surface area contributed by atoms with Gasteiger partial charge in [0.2, 0.25) is 5.91 Å². The second-order valence-electron chi connectivity index (χ2n) is 8.41. The van der Waals surface area contributed by atoms with E-state index in [9.17, 15) is 4.79 Å². The molecule has 0 unspecified atom stereocenters. The first kappa shape index (κ1) is 22.3. The van der Waals surface area contributed by atoms with Crippen LogP contribution < -0.4 is 5.32 Å². The second-order valence-corrected chi connectivity index (χ2v) is 8.41. The fraction of sp³-hybridized carbons (Fsp3) is 0.143. The maximum Gasteiger partial charge on any atom is 0.220 e. The van der Waals surface area contributed by atoms with Gasteiger partial charge >= 0.3 is 0 Å². The summed E-state index contributed by atoms with van der Waals surface area (Å²) in [5.41, 5.74) is 8.34. The quantitative estimate of drug-likeness (QED) is 0.378. The molecular weight excluding hydrogens is 436 g/mol. The normalized spacial score (nSPS) is 10.9. The van der Waals surface area contributed by atoms with Crippen LogP contribution in [0.2, 0.25) is 0 Å². The molecule has 2 aromatic heterocycles. The summed E-state index contributed by atoms with van der Waals surface area (Å²) in [5.74, 6) is 0.000681. The molecule has 0 fully saturated rings. The predicted octanol–water partition coefficient (Wildman–Crippen LogP) is 4.77. The number of carbonyl (C=O) groups excluding carboxylic acids is 1. The molecule has 0 aliphatic heterocycles. The van der Waals surface area contributed by atoms with E-state index in [2.05, 4.69) is 77.1 Å². The van der Waals surface area contributed by atoms with Gasteiger partial charge in [-0.15, -0.1) is 5.10 Å². The molecule has 0 spiro atoms. The third-order valence-electron chi connectivity index (χ3n) is 5.99. The molecule has 0 atom stereocenters. The van der Waals surface area contributed by atoms with Gasteiger partial charge < -0.3 is 5.32 Å². The van der Waals surface area contributed by atoms with Crippen molar-refractivity contribution < 1.29 is 4.79 Å². The molecule has 0 saturated heterocycles. The van der Waals surface area contributed by atoms with Crippen LogP contribution in [-0.2, 0) is 11.2 Å². The highest BCUT2D eigenvalue weighted by molar-refractivity contribution is 5.76. The highest BCUT2D eigenvalue weighted by Gasteiger charge is 2.14. The van der Waals surface area contributed by atoms with Gasteiger partial charge in [0, 0.05) is 25.5 Å². The molecule has 5 aromatic rings. The molecule has 5 rings (SSSR count). The number of carbonyl (C=O) groups is 1. The van der Waals surface area contributed by atoms with Gasteiger partial charge in [-0.3, -0.25) is 4.79 Å². The summed E-state index contributed by atoms with van der Waals surface area (Å²) < 4.78 is 3.65. The number of nitrogens with zero attached hydrogens (tertiary/aromatic N) is 5. The molecule has 35 heavy (non-hydrogen) atoms. The van der Waals surface area contributed by atoms with E-state index in [4.69, 9.17) is 5.10 Å². The monoisotopic (exact) mass is 462 g/mol. The Balaban J connectivity index is 1.49. The first-order valence-corrected chi connectivity index (χ1v) is 11.5. The summed E-state index contributed by atoms with van der Waals surface area (Å²) in [4.78, 5) is 11.8. The standard InChI is InChI=1S/C28H26N6O/c1-20-3-5-21(6-4-20)22-7-9-23(10-8-22)27-19-24(11-16-28(35)29-2)31-34(27)26-14-12-25(13-15-26)33-18-17-30-32-33/h3-10,12-15,17-19H,11,16H2,1-2H3,(H,29,35). The fourth-order valence-corrected chi connectivity index (χ4v) is 3.99. The van der Waals surface area contributed by atoms with Crippen LogP contribution in [0.3, 0.4) is 0 Å². The Morgan fingerprint density at radius 1 is 0.857 bits per heavy atom. The van der Waals surface area contributed by atoms with Crippen molar-refractivity contribution in [1.29, 1.82) is 0 Å². The number of aryl methyl sites for hydroxylation is 2. The fourth-order valence-electron chi connectivity index (χ4n) is 3.99. The number of benzene rings is 3. The lowest BCUT2D eigenvalue weighted by atomic mass is 10.0. The van der Waals surface area contributed by atoms with Crippen LogP contribution >= 0.6 is 0 Å². The molecular formula is C28H26N6O. The van der Waals surface area contributed by atoms with Crippen LogP contribution in [0.4, 0.5) is 0 Å². The zero-order valence-electron chi connectivity index (χ0n) is 19.7. The van der Waals surface area contributed by atoms with Gasteiger partial charge in [-0.25, -0.2) is 9.36 Å². The molecule has 0 aliphatic rings. The Labute approximate surface area is 204 Å². The zero-order valence-corrected chi connectivity index (χ0v) is 19.7. The van der Waals surface area contributed by atoms with Crippen LogP contribution in [-0.4, -0.2) is 37.7 Å². The lowest BCUT2D eigenvalue weighted by Gasteiger charge is -2.10. The Kier molecular flexibility index (Phi) is 6.22. The van der Waals surface area contributed by atoms with E-state index in [1.165, 1.54) is 11.1 Å². The largest absolute Gasteiger partial charge is 0.359 e. The summed E-state index contributed by atoms with van der Waals surface area (Å²) in [7, 11) is 1.65. The predicted molar refractivity (Wildman–Crippen MR) is 136 cm³/mol. The number of aromatic nitrogens is 5. The van der Waals surface area contributed by atoms with E-state index >= 15 is 0 Å². The lowest BCUT2D eigenvalue weighted by molar-refractivity contribution is -0.120. The third-order valence-corrected chi connectivity index (χ3v) is 5.99. The van der Waals surface area contributed by atoms with Crippen molar-refractivity contribution in [3.8, 4) is 33.8 Å². The molecule has 1 amide bonds. The molecule has 3 aromatic carbocycles. The van der Waals surface area contributed by atoms with Crippen molar-refractivity contribution in [3.05, 3.63) is 103 Å². The minimum Gasteiger partial charge on any atom is -0.359 e. The molecule has 2 heterocycles. The Morgan fingerprint density at radius 2 is 1.49 bits per heavy atom. The van der Waals surface area contributed by atoms with E-state index in [-0.39, 0.29) is 5.91 Å². The molecule has 7 nitrogen and oxygen atoms in total. The average Bonchev–Trinajstić information content (AvgIpc) is 3.59. The van der Waals surface area contributed by atoms with E-state index in [0.29, 0.717) is 12.8 Å². The summed E-state index contributed by atoms with van der Waals surface area (Å²) >= 11 is 0. The van der Waals surface area contributed by atoms with E-state index in [0.717, 1.165) is 33.9 Å². The van der Waals surface area contributed by atoms with Crippen molar-refractivity contribution >= 4 is 5.91 Å². The van der Waals surface area contributed by atoms with Crippen LogP contribution in [0, 0.1) is 6.92 Å². The summed E-state index contributed by atoms with van der Waals surface area (Å²) in [5, 5.41) is 15.5. The Morgan fingerprint density at radius 3 is 2.11 bits per heavy atom. The molecule has 7 heteroatoms. The van der Waals surface area contributed by atoms with Gasteiger partial charge in [0.05, 0.1) is 35.2 Å². The van der Waals surface area contributed by atoms with Crippen molar-refractivity contribution in [2.75, 3.05) is 7.05 Å². The van der Waals surface area contributed by atoms with E-state index in [1.807, 2.05) is 28.9 Å². The van der Waals surface area contributed by atoms with Crippen molar-refractivity contribution in [2.45, 2.75) is 19.8 Å². The first-order chi connectivity index (χ1) is 17.1. The van der Waals surface area contributed by atoms with Crippen LogP contribution in [0.5, 0.6) is 0 Å². The Bertz CT molecular complexity index is 1420. The minimum atomic E-state index is 0.000681. The lowest BCUT2D eigenvalue weighted by Crippen LogP contribution is -2.18. The third kappa shape index (κ3) is 4.89. The van der Waals surface area contributed by atoms with E-state index < -0.39 is 0 Å². The number of hydrogen-bond acceptors (Lipinski definition) is 4. The van der Waals surface area contributed by atoms with Gasteiger partial charge in [-0.2, -0.15) is 5.10 Å². The topological polar surface area (TPSA) is 77.6 Å². The van der Waals surface area contributed by atoms with Crippen LogP contribution in [0.25, 0.3) is 33.8 Å². The minimum absolute atomic E-state index is 0.000681. The van der Waals surface area contributed by atoms with Crippen molar-refractivity contribution in [2.24, 2.45) is 0 Å². The van der Waals surface area contributed by atoms with Gasteiger partial charge in [0.15, 0.2) is 0 Å². The molecule has 0 radical (unpaired) electrons. The van der Waals surface area contributed by atoms with Crippen LogP contribution in [0.15, 0.2) is 91.3 Å². The van der Waals surface area contributed by atoms with Crippen LogP contribution in [0.1, 0.15) is 17.7 Å². The maximum absolute atomic E-state index is 11.8. The molecule has 0 aliphatic carbocycles. The SMILES string of the molecule is CNC(=O)CCc1cc(-c2ccc(-c3ccc(C)cc3)cc2)n(-c2ccc(-n3ccnn3)cc2)n1. The van der Waals surface area contributed by atoms with Crippen molar-refractivity contribution in [1.82, 2.24) is 30.1 Å². The van der Waals surface area contributed by atoms with Gasteiger partial charge in [-0.1, -0.05) is 59.3 Å².